The molecule has 6 aromatic carbocycles. The van der Waals surface area contributed by atoms with E-state index in [0.717, 1.165) is 61.2 Å². The zero-order chi connectivity index (χ0) is 32.6. The van der Waals surface area contributed by atoms with Crippen LogP contribution in [0.5, 0.6) is 0 Å². The van der Waals surface area contributed by atoms with E-state index >= 15 is 0 Å². The average molecular weight is 628 g/mol. The Hall–Kier alpha value is -6.72. The predicted octanol–water partition coefficient (Wildman–Crippen LogP) is 10.7. The topological polar surface area (TPSA) is 56.0 Å². The van der Waals surface area contributed by atoms with Gasteiger partial charge in [-0.25, -0.2) is 19.5 Å². The molecule has 0 radical (unpaired) electrons. The van der Waals surface area contributed by atoms with E-state index in [2.05, 4.69) is 114 Å². The molecule has 3 aromatic heterocycles. The highest BCUT2D eigenvalue weighted by atomic mass is 15.2. The predicted molar refractivity (Wildman–Crippen MR) is 199 cm³/mol. The third-order valence-electron chi connectivity index (χ3n) is 8.85. The minimum atomic E-state index is 0.606. The molecular formula is C44H29N5. The molecule has 0 N–H and O–H groups in total. The van der Waals surface area contributed by atoms with Crippen LogP contribution in [0, 0.1) is 0 Å². The molecule has 5 nitrogen and oxygen atoms in total. The molecular weight excluding hydrogens is 599 g/mol. The summed E-state index contributed by atoms with van der Waals surface area (Å²) in [6, 6.07) is 60.4. The van der Waals surface area contributed by atoms with Crippen LogP contribution in [-0.4, -0.2) is 24.6 Å². The average Bonchev–Trinajstić information content (AvgIpc) is 3.60. The summed E-state index contributed by atoms with van der Waals surface area (Å²) in [6.45, 7) is 0. The maximum Gasteiger partial charge on any atom is 0.164 e. The molecule has 0 fully saturated rings. The Morgan fingerprint density at radius 1 is 0.367 bits per heavy atom. The normalized spacial score (nSPS) is 11.3. The van der Waals surface area contributed by atoms with Crippen LogP contribution in [0.25, 0.3) is 84.1 Å². The van der Waals surface area contributed by atoms with Crippen molar-refractivity contribution in [2.75, 3.05) is 0 Å². The van der Waals surface area contributed by atoms with Crippen molar-refractivity contribution in [1.29, 1.82) is 0 Å². The van der Waals surface area contributed by atoms with E-state index in [1.54, 1.807) is 0 Å². The van der Waals surface area contributed by atoms with E-state index in [1.165, 1.54) is 5.39 Å². The van der Waals surface area contributed by atoms with Gasteiger partial charge in [0, 0.05) is 38.8 Å². The van der Waals surface area contributed by atoms with Gasteiger partial charge in [0.2, 0.25) is 0 Å². The monoisotopic (exact) mass is 627 g/mol. The Balaban J connectivity index is 1.30. The van der Waals surface area contributed by atoms with Gasteiger partial charge in [0.1, 0.15) is 5.69 Å². The van der Waals surface area contributed by atoms with Gasteiger partial charge < -0.3 is 0 Å². The lowest BCUT2D eigenvalue weighted by Gasteiger charge is -2.10. The highest BCUT2D eigenvalue weighted by Gasteiger charge is 2.22. The number of pyridine rings is 1. The van der Waals surface area contributed by atoms with Crippen molar-refractivity contribution in [2.45, 2.75) is 0 Å². The molecule has 3 heterocycles. The number of rotatable bonds is 6. The summed E-state index contributed by atoms with van der Waals surface area (Å²) in [6.07, 6.45) is 0. The molecule has 49 heavy (non-hydrogen) atoms. The smallest absolute Gasteiger partial charge is 0.164 e. The molecule has 0 amide bonds. The van der Waals surface area contributed by atoms with E-state index in [9.17, 15) is 0 Å². The lowest BCUT2D eigenvalue weighted by molar-refractivity contribution is 0.979. The summed E-state index contributed by atoms with van der Waals surface area (Å²) >= 11 is 0. The Labute approximate surface area is 283 Å². The third kappa shape index (κ3) is 5.24. The van der Waals surface area contributed by atoms with Crippen molar-refractivity contribution >= 4 is 16.3 Å². The minimum absolute atomic E-state index is 0.606. The van der Waals surface area contributed by atoms with Crippen molar-refractivity contribution in [3.8, 4) is 67.8 Å². The Bertz CT molecular complexity index is 2520. The first-order chi connectivity index (χ1) is 24.3. The Morgan fingerprint density at radius 2 is 0.837 bits per heavy atom. The molecule has 0 aliphatic heterocycles. The van der Waals surface area contributed by atoms with E-state index < -0.39 is 0 Å². The maximum absolute atomic E-state index is 5.41. The first kappa shape index (κ1) is 28.5. The molecule has 0 saturated heterocycles. The second-order valence-electron chi connectivity index (χ2n) is 12.0. The van der Waals surface area contributed by atoms with Crippen LogP contribution in [0.15, 0.2) is 176 Å². The second-order valence-corrected chi connectivity index (χ2v) is 12.0. The van der Waals surface area contributed by atoms with E-state index in [-0.39, 0.29) is 0 Å². The molecule has 0 atom stereocenters. The summed E-state index contributed by atoms with van der Waals surface area (Å²) in [5.74, 6) is 1.87. The molecule has 0 spiro atoms. The van der Waals surface area contributed by atoms with E-state index in [0.29, 0.717) is 17.5 Å². The van der Waals surface area contributed by atoms with Crippen LogP contribution in [0.2, 0.25) is 0 Å². The first-order valence-electron chi connectivity index (χ1n) is 16.3. The van der Waals surface area contributed by atoms with Crippen LogP contribution in [0.3, 0.4) is 0 Å². The largest absolute Gasteiger partial charge is 0.231 e. The molecule has 0 aliphatic carbocycles. The van der Waals surface area contributed by atoms with Gasteiger partial charge >= 0.3 is 0 Å². The highest BCUT2D eigenvalue weighted by Crippen LogP contribution is 2.41. The van der Waals surface area contributed by atoms with Crippen LogP contribution in [0.4, 0.5) is 0 Å². The quantitative estimate of drug-likeness (QED) is 0.184. The van der Waals surface area contributed by atoms with Crippen molar-refractivity contribution in [3.63, 3.8) is 0 Å². The van der Waals surface area contributed by atoms with E-state index in [4.69, 9.17) is 20.1 Å². The molecule has 0 aliphatic rings. The molecule has 0 saturated carbocycles. The number of aromatic nitrogens is 5. The summed E-state index contributed by atoms with van der Waals surface area (Å²) in [4.78, 5) is 14.9. The number of nitrogens with zero attached hydrogens (tertiary/aromatic N) is 5. The molecule has 5 heteroatoms. The van der Waals surface area contributed by atoms with Gasteiger partial charge in [0.15, 0.2) is 17.5 Å². The fourth-order valence-corrected chi connectivity index (χ4v) is 6.53. The highest BCUT2D eigenvalue weighted by molar-refractivity contribution is 6.08. The van der Waals surface area contributed by atoms with Gasteiger partial charge in [-0.15, -0.1) is 0 Å². The standard InChI is InChI=1S/C44H29N5/c1-5-16-30(17-6-1)38-29-34-24-13-14-27-37(34)41-39(31-18-7-2-8-19-31)40(48-49(38)41)35-25-15-26-36(28-35)44-46-42(32-20-9-3-10-21-32)45-43(47-44)33-22-11-4-12-23-33/h1-29H. The summed E-state index contributed by atoms with van der Waals surface area (Å²) in [5.41, 5.74) is 10.0. The Morgan fingerprint density at radius 3 is 1.45 bits per heavy atom. The van der Waals surface area contributed by atoms with Gasteiger partial charge in [-0.2, -0.15) is 5.10 Å². The van der Waals surface area contributed by atoms with Gasteiger partial charge in [-0.3, -0.25) is 0 Å². The van der Waals surface area contributed by atoms with Gasteiger partial charge in [-0.05, 0) is 23.1 Å². The third-order valence-corrected chi connectivity index (χ3v) is 8.85. The summed E-state index contributed by atoms with van der Waals surface area (Å²) in [5, 5.41) is 7.73. The molecule has 230 valence electrons. The van der Waals surface area contributed by atoms with Crippen molar-refractivity contribution < 1.29 is 0 Å². The van der Waals surface area contributed by atoms with Crippen LogP contribution in [0.1, 0.15) is 0 Å². The van der Waals surface area contributed by atoms with Crippen LogP contribution < -0.4 is 0 Å². The zero-order valence-corrected chi connectivity index (χ0v) is 26.5. The van der Waals surface area contributed by atoms with Gasteiger partial charge in [-0.1, -0.05) is 164 Å². The Kier molecular flexibility index (Phi) is 7.06. The van der Waals surface area contributed by atoms with Gasteiger partial charge in [0.05, 0.1) is 11.2 Å². The first-order valence-corrected chi connectivity index (χ1v) is 16.3. The zero-order valence-electron chi connectivity index (χ0n) is 26.5. The molecule has 9 aromatic rings. The van der Waals surface area contributed by atoms with Crippen molar-refractivity contribution in [3.05, 3.63) is 176 Å². The lowest BCUT2D eigenvalue weighted by Crippen LogP contribution is -2.00. The van der Waals surface area contributed by atoms with E-state index in [1.807, 2.05) is 66.7 Å². The van der Waals surface area contributed by atoms with Crippen LogP contribution in [-0.2, 0) is 0 Å². The fraction of sp³-hybridized carbons (Fsp3) is 0. The number of fused-ring (bicyclic) bond motifs is 3. The fourth-order valence-electron chi connectivity index (χ4n) is 6.53. The molecule has 0 unspecified atom stereocenters. The van der Waals surface area contributed by atoms with Gasteiger partial charge in [0.25, 0.3) is 0 Å². The minimum Gasteiger partial charge on any atom is -0.231 e. The summed E-state index contributed by atoms with van der Waals surface area (Å²) in [7, 11) is 0. The van der Waals surface area contributed by atoms with Crippen LogP contribution >= 0.6 is 0 Å². The van der Waals surface area contributed by atoms with Crippen molar-refractivity contribution in [2.24, 2.45) is 0 Å². The SMILES string of the molecule is c1ccc(-c2nc(-c3ccccc3)nc(-c3cccc(-c4nn5c(-c6ccccc6)cc6ccccc6c5c4-c4ccccc4)c3)n2)cc1. The number of benzene rings is 6. The molecule has 9 rings (SSSR count). The van der Waals surface area contributed by atoms with Crippen molar-refractivity contribution in [1.82, 2.24) is 24.6 Å². The summed E-state index contributed by atoms with van der Waals surface area (Å²) < 4.78 is 2.12. The lowest BCUT2D eigenvalue weighted by atomic mass is 9.96. The maximum atomic E-state index is 5.41. The number of hydrogen-bond donors (Lipinski definition) is 0. The second kappa shape index (κ2) is 12.1. The molecule has 0 bridgehead atoms. The number of hydrogen-bond acceptors (Lipinski definition) is 4.